The summed E-state index contributed by atoms with van der Waals surface area (Å²) < 4.78 is 0. The smallest absolute Gasteiger partial charge is 0.322 e. The van der Waals surface area contributed by atoms with E-state index in [1.807, 2.05) is 36.9 Å². The molecule has 0 unspecified atom stereocenters. The number of rotatable bonds is 2. The lowest BCUT2D eigenvalue weighted by Gasteiger charge is -2.40. The summed E-state index contributed by atoms with van der Waals surface area (Å²) in [7, 11) is 0. The van der Waals surface area contributed by atoms with Gasteiger partial charge in [0.05, 0.1) is 0 Å². The number of hydrogen-bond acceptors (Lipinski definition) is 4. The van der Waals surface area contributed by atoms with E-state index in [1.165, 1.54) is 5.56 Å². The highest BCUT2D eigenvalue weighted by atomic mass is 35.5. The van der Waals surface area contributed by atoms with Crippen molar-refractivity contribution in [1.82, 2.24) is 15.1 Å². The second-order valence-corrected chi connectivity index (χ2v) is 8.81. The minimum Gasteiger partial charge on any atom is -0.351 e. The Morgan fingerprint density at radius 3 is 2.43 bits per heavy atom. The van der Waals surface area contributed by atoms with Gasteiger partial charge in [-0.15, -0.1) is 10.2 Å². The maximum Gasteiger partial charge on any atom is 0.322 e. The van der Waals surface area contributed by atoms with Gasteiger partial charge in [-0.05, 0) is 48.6 Å². The SMILES string of the molecule is Cc1cc(Cl)nnc1N1CCN(C(=O)Nc2ccc(C(C)(C)C)cc2)[C@H](C)C1. The third kappa shape index (κ3) is 4.55. The summed E-state index contributed by atoms with van der Waals surface area (Å²) in [6, 6.07) is 9.86. The number of aryl methyl sites for hydroxylation is 1. The van der Waals surface area contributed by atoms with Crippen molar-refractivity contribution >= 4 is 29.1 Å². The Labute approximate surface area is 171 Å². The number of nitrogens with one attached hydrogen (secondary N) is 1. The Kier molecular flexibility index (Phi) is 5.79. The van der Waals surface area contributed by atoms with E-state index in [0.717, 1.165) is 17.1 Å². The molecule has 2 aromatic rings. The minimum atomic E-state index is -0.0745. The number of benzene rings is 1. The van der Waals surface area contributed by atoms with Crippen LogP contribution in [0.15, 0.2) is 30.3 Å². The monoisotopic (exact) mass is 401 g/mol. The number of nitrogens with zero attached hydrogens (tertiary/aromatic N) is 4. The fourth-order valence-electron chi connectivity index (χ4n) is 3.46. The zero-order valence-electron chi connectivity index (χ0n) is 17.2. The molecule has 1 aliphatic rings. The van der Waals surface area contributed by atoms with Crippen molar-refractivity contribution in [3.8, 4) is 0 Å². The lowest BCUT2D eigenvalue weighted by Crippen LogP contribution is -2.55. The lowest BCUT2D eigenvalue weighted by atomic mass is 9.87. The molecule has 150 valence electrons. The number of hydrogen-bond donors (Lipinski definition) is 1. The van der Waals surface area contributed by atoms with Crippen molar-refractivity contribution in [1.29, 1.82) is 0 Å². The third-order valence-corrected chi connectivity index (χ3v) is 5.30. The van der Waals surface area contributed by atoms with Crippen LogP contribution in [-0.4, -0.2) is 46.8 Å². The number of carbonyl (C=O) groups is 1. The molecule has 1 aromatic heterocycles. The van der Waals surface area contributed by atoms with E-state index in [4.69, 9.17) is 11.6 Å². The molecule has 1 fully saturated rings. The highest BCUT2D eigenvalue weighted by Crippen LogP contribution is 2.25. The van der Waals surface area contributed by atoms with Crippen LogP contribution in [0.25, 0.3) is 0 Å². The number of carbonyl (C=O) groups excluding carboxylic acids is 1. The van der Waals surface area contributed by atoms with Crippen LogP contribution in [0, 0.1) is 6.92 Å². The lowest BCUT2D eigenvalue weighted by molar-refractivity contribution is 0.184. The maximum atomic E-state index is 12.8. The standard InChI is InChI=1S/C21H28ClN5O/c1-14-12-18(22)24-25-19(14)26-10-11-27(15(2)13-26)20(28)23-17-8-6-16(7-9-17)21(3,4)5/h6-9,12,15H,10-11,13H2,1-5H3,(H,23,28)/t15-/m1/s1. The summed E-state index contributed by atoms with van der Waals surface area (Å²) in [5.74, 6) is 0.828. The normalized spacial score (nSPS) is 17.6. The highest BCUT2D eigenvalue weighted by molar-refractivity contribution is 6.29. The van der Waals surface area contributed by atoms with Crippen molar-refractivity contribution in [3.63, 3.8) is 0 Å². The molecule has 3 rings (SSSR count). The maximum absolute atomic E-state index is 12.8. The van der Waals surface area contributed by atoms with Gasteiger partial charge in [0.25, 0.3) is 0 Å². The molecule has 1 N–H and O–H groups in total. The van der Waals surface area contributed by atoms with Crippen molar-refractivity contribution in [2.24, 2.45) is 0 Å². The first kappa shape index (κ1) is 20.4. The molecule has 2 heterocycles. The molecule has 1 atom stereocenters. The number of amides is 2. The molecular formula is C21H28ClN5O. The van der Waals surface area contributed by atoms with E-state index >= 15 is 0 Å². The number of aromatic nitrogens is 2. The van der Waals surface area contributed by atoms with Crippen molar-refractivity contribution < 1.29 is 4.79 Å². The first-order chi connectivity index (χ1) is 13.1. The zero-order chi connectivity index (χ0) is 20.5. The van der Waals surface area contributed by atoms with Crippen LogP contribution in [0.5, 0.6) is 0 Å². The molecule has 0 radical (unpaired) electrons. The van der Waals surface area contributed by atoms with Crippen LogP contribution in [-0.2, 0) is 5.41 Å². The van der Waals surface area contributed by atoms with Gasteiger partial charge in [-0.3, -0.25) is 0 Å². The van der Waals surface area contributed by atoms with Crippen LogP contribution >= 0.6 is 11.6 Å². The Balaban J connectivity index is 1.63. The van der Waals surface area contributed by atoms with Crippen LogP contribution < -0.4 is 10.2 Å². The second-order valence-electron chi connectivity index (χ2n) is 8.42. The molecule has 0 saturated carbocycles. The molecule has 28 heavy (non-hydrogen) atoms. The van der Waals surface area contributed by atoms with E-state index in [0.29, 0.717) is 24.8 Å². The first-order valence-corrected chi connectivity index (χ1v) is 9.96. The summed E-state index contributed by atoms with van der Waals surface area (Å²) in [4.78, 5) is 16.8. The highest BCUT2D eigenvalue weighted by Gasteiger charge is 2.29. The number of halogens is 1. The molecule has 0 bridgehead atoms. The van der Waals surface area contributed by atoms with Crippen LogP contribution in [0.3, 0.4) is 0 Å². The third-order valence-electron chi connectivity index (χ3n) is 5.12. The summed E-state index contributed by atoms with van der Waals surface area (Å²) in [5, 5.41) is 11.6. The molecule has 2 amide bonds. The van der Waals surface area contributed by atoms with Crippen molar-refractivity contribution in [2.75, 3.05) is 29.9 Å². The number of piperazine rings is 1. The molecule has 7 heteroatoms. The predicted octanol–water partition coefficient (Wildman–Crippen LogP) is 4.48. The molecule has 1 saturated heterocycles. The van der Waals surface area contributed by atoms with Crippen LogP contribution in [0.4, 0.5) is 16.3 Å². The number of anilines is 2. The van der Waals surface area contributed by atoms with Gasteiger partial charge in [-0.25, -0.2) is 4.79 Å². The average Bonchev–Trinajstić information content (AvgIpc) is 2.61. The summed E-state index contributed by atoms with van der Waals surface area (Å²) >= 11 is 5.91. The predicted molar refractivity (Wildman–Crippen MR) is 114 cm³/mol. The first-order valence-electron chi connectivity index (χ1n) is 9.58. The van der Waals surface area contributed by atoms with E-state index in [1.54, 1.807) is 0 Å². The average molecular weight is 402 g/mol. The quantitative estimate of drug-likeness (QED) is 0.805. The van der Waals surface area contributed by atoms with Gasteiger partial charge in [0.15, 0.2) is 11.0 Å². The van der Waals surface area contributed by atoms with Gasteiger partial charge >= 0.3 is 6.03 Å². The van der Waals surface area contributed by atoms with E-state index in [2.05, 4.69) is 53.3 Å². The van der Waals surface area contributed by atoms with Gasteiger partial charge in [0.1, 0.15) is 0 Å². The molecule has 0 spiro atoms. The van der Waals surface area contributed by atoms with Gasteiger partial charge in [0.2, 0.25) is 0 Å². The Bertz CT molecular complexity index is 847. The van der Waals surface area contributed by atoms with E-state index in [9.17, 15) is 4.79 Å². The van der Waals surface area contributed by atoms with Crippen LogP contribution in [0.1, 0.15) is 38.8 Å². The molecule has 6 nitrogen and oxygen atoms in total. The Morgan fingerprint density at radius 2 is 1.86 bits per heavy atom. The van der Waals surface area contributed by atoms with Gasteiger partial charge < -0.3 is 15.1 Å². The molecular weight excluding hydrogens is 374 g/mol. The van der Waals surface area contributed by atoms with Crippen molar-refractivity contribution in [3.05, 3.63) is 46.6 Å². The Morgan fingerprint density at radius 1 is 1.18 bits per heavy atom. The Hall–Kier alpha value is -2.34. The summed E-state index contributed by atoms with van der Waals surface area (Å²) in [6.07, 6.45) is 0. The van der Waals surface area contributed by atoms with Gasteiger partial charge in [-0.1, -0.05) is 44.5 Å². The second kappa shape index (κ2) is 7.95. The topological polar surface area (TPSA) is 61.4 Å². The summed E-state index contributed by atoms with van der Waals surface area (Å²) in [6.45, 7) is 12.6. The fourth-order valence-corrected chi connectivity index (χ4v) is 3.66. The van der Waals surface area contributed by atoms with E-state index in [-0.39, 0.29) is 17.5 Å². The van der Waals surface area contributed by atoms with Gasteiger partial charge in [0, 0.05) is 31.4 Å². The van der Waals surface area contributed by atoms with Crippen molar-refractivity contribution in [2.45, 2.75) is 46.1 Å². The van der Waals surface area contributed by atoms with E-state index < -0.39 is 0 Å². The number of urea groups is 1. The fraction of sp³-hybridized carbons (Fsp3) is 0.476. The largest absolute Gasteiger partial charge is 0.351 e. The molecule has 1 aliphatic heterocycles. The molecule has 0 aliphatic carbocycles. The van der Waals surface area contributed by atoms with Gasteiger partial charge in [-0.2, -0.15) is 0 Å². The van der Waals surface area contributed by atoms with Crippen LogP contribution in [0.2, 0.25) is 5.15 Å². The molecule has 1 aromatic carbocycles. The summed E-state index contributed by atoms with van der Waals surface area (Å²) in [5.41, 5.74) is 3.14. The minimum absolute atomic E-state index is 0.0551. The zero-order valence-corrected chi connectivity index (χ0v) is 17.9.